The molecule has 13 heteroatoms. The first-order chi connectivity index (χ1) is 16.9. The van der Waals surface area contributed by atoms with E-state index >= 15 is 0 Å². The summed E-state index contributed by atoms with van der Waals surface area (Å²) in [5.74, 6) is -0.505. The van der Waals surface area contributed by atoms with Gasteiger partial charge in [-0.05, 0) is 52.6 Å². The number of hydrogen-bond donors (Lipinski definition) is 1. The summed E-state index contributed by atoms with van der Waals surface area (Å²) >= 11 is 0. The van der Waals surface area contributed by atoms with Crippen LogP contribution in [0.15, 0.2) is 77.8 Å². The summed E-state index contributed by atoms with van der Waals surface area (Å²) < 4.78 is 70.2. The van der Waals surface area contributed by atoms with Crippen molar-refractivity contribution in [2.45, 2.75) is 11.0 Å². The number of methoxy groups -OCH3 is 1. The van der Waals surface area contributed by atoms with E-state index < -0.39 is 32.8 Å². The lowest BCUT2D eigenvalue weighted by atomic mass is 9.81. The lowest BCUT2D eigenvalue weighted by molar-refractivity contribution is -0.129. The van der Waals surface area contributed by atoms with Crippen molar-refractivity contribution in [3.05, 3.63) is 83.9 Å². The molecule has 196 valence electrons. The summed E-state index contributed by atoms with van der Waals surface area (Å²) in [6.45, 7) is 0. The third kappa shape index (κ3) is 4.94. The summed E-state index contributed by atoms with van der Waals surface area (Å²) in [6, 6.07) is 18.9. The number of guanidine groups is 1. The lowest BCUT2D eigenvalue weighted by Crippen LogP contribution is -2.41. The van der Waals surface area contributed by atoms with Crippen LogP contribution in [0.1, 0.15) is 11.1 Å². The molecule has 0 aromatic heterocycles. The molecule has 0 bridgehead atoms. The Kier molecular flexibility index (Phi) is 7.47. The van der Waals surface area contributed by atoms with E-state index in [-0.39, 0.29) is 23.9 Å². The van der Waals surface area contributed by atoms with Gasteiger partial charge in [0.2, 0.25) is 0 Å². The number of amides is 1. The van der Waals surface area contributed by atoms with Crippen molar-refractivity contribution in [2.24, 2.45) is 10.7 Å². The highest BCUT2D eigenvalue weighted by Crippen LogP contribution is 2.41. The molecule has 8 nitrogen and oxygen atoms in total. The highest BCUT2D eigenvalue weighted by molar-refractivity contribution is 7.88. The van der Waals surface area contributed by atoms with E-state index in [2.05, 4.69) is 9.18 Å². The van der Waals surface area contributed by atoms with E-state index in [0.29, 0.717) is 11.3 Å². The van der Waals surface area contributed by atoms with Crippen molar-refractivity contribution < 1.29 is 35.3 Å². The normalized spacial score (nSPS) is 17.7. The Morgan fingerprint density at radius 1 is 0.919 bits per heavy atom. The minimum atomic E-state index is -5.85. The topological polar surface area (TPSA) is 111 Å². The maximum atomic E-state index is 13.5. The first kappa shape index (κ1) is 27.8. The van der Waals surface area contributed by atoms with Crippen molar-refractivity contribution in [2.75, 3.05) is 14.2 Å². The van der Waals surface area contributed by atoms with Crippen molar-refractivity contribution in [3.63, 3.8) is 0 Å². The Morgan fingerprint density at radius 3 is 2.05 bits per heavy atom. The highest BCUT2D eigenvalue weighted by atomic mass is 35.5. The molecule has 1 atom stereocenters. The van der Waals surface area contributed by atoms with Gasteiger partial charge in [0.1, 0.15) is 11.5 Å². The van der Waals surface area contributed by atoms with Gasteiger partial charge in [0.25, 0.3) is 5.91 Å². The second-order valence-corrected chi connectivity index (χ2v) is 9.40. The van der Waals surface area contributed by atoms with Crippen LogP contribution >= 0.6 is 12.4 Å². The van der Waals surface area contributed by atoms with Crippen LogP contribution in [0.2, 0.25) is 0 Å². The predicted octanol–water partition coefficient (Wildman–Crippen LogP) is 4.04. The number of benzene rings is 3. The summed E-state index contributed by atoms with van der Waals surface area (Å²) in [6.07, 6.45) is 0. The molecule has 37 heavy (non-hydrogen) atoms. The van der Waals surface area contributed by atoms with E-state index in [0.717, 1.165) is 28.2 Å². The molecule has 1 amide bonds. The zero-order chi connectivity index (χ0) is 26.3. The minimum absolute atomic E-state index is 0. The molecule has 3 aromatic carbocycles. The van der Waals surface area contributed by atoms with Crippen molar-refractivity contribution in [3.8, 4) is 22.6 Å². The van der Waals surface area contributed by atoms with Gasteiger partial charge < -0.3 is 14.7 Å². The van der Waals surface area contributed by atoms with Gasteiger partial charge in [-0.25, -0.2) is 4.99 Å². The minimum Gasteiger partial charge on any atom is -0.497 e. The number of carbonyl (C=O) groups excluding carboxylic acids is 1. The molecule has 0 saturated heterocycles. The molecule has 0 spiro atoms. The number of nitrogens with zero attached hydrogens (tertiary/aromatic N) is 2. The van der Waals surface area contributed by atoms with Gasteiger partial charge in [0.15, 0.2) is 11.5 Å². The van der Waals surface area contributed by atoms with Crippen LogP contribution in [0.5, 0.6) is 11.5 Å². The van der Waals surface area contributed by atoms with Crippen LogP contribution < -0.4 is 14.7 Å². The summed E-state index contributed by atoms with van der Waals surface area (Å²) in [7, 11) is -2.86. The molecule has 0 saturated carbocycles. The Balaban J connectivity index is 0.00000380. The van der Waals surface area contributed by atoms with Gasteiger partial charge in [-0.3, -0.25) is 9.69 Å². The van der Waals surface area contributed by atoms with E-state index in [1.165, 1.54) is 19.2 Å². The first-order valence-corrected chi connectivity index (χ1v) is 11.8. The molecule has 0 unspecified atom stereocenters. The van der Waals surface area contributed by atoms with E-state index in [9.17, 15) is 26.4 Å². The van der Waals surface area contributed by atoms with Crippen LogP contribution in [-0.4, -0.2) is 44.9 Å². The summed E-state index contributed by atoms with van der Waals surface area (Å²) in [5.41, 5.74) is 0.980. The van der Waals surface area contributed by atoms with Crippen LogP contribution in [0.25, 0.3) is 11.1 Å². The maximum absolute atomic E-state index is 13.5. The largest absolute Gasteiger partial charge is 0.534 e. The molecule has 3 aromatic rings. The van der Waals surface area contributed by atoms with Gasteiger partial charge in [-0.2, -0.15) is 21.6 Å². The molecule has 1 aliphatic heterocycles. The Hall–Kier alpha value is -3.77. The second-order valence-electron chi connectivity index (χ2n) is 7.86. The van der Waals surface area contributed by atoms with Crippen molar-refractivity contribution >= 4 is 34.4 Å². The quantitative estimate of drug-likeness (QED) is 0.363. The molecule has 0 radical (unpaired) electrons. The van der Waals surface area contributed by atoms with Crippen LogP contribution in [0.3, 0.4) is 0 Å². The Bertz CT molecular complexity index is 1460. The van der Waals surface area contributed by atoms with Gasteiger partial charge in [-0.15, -0.1) is 12.4 Å². The predicted molar refractivity (Wildman–Crippen MR) is 133 cm³/mol. The first-order valence-electron chi connectivity index (χ1n) is 10.4. The number of carbonyl (C=O) groups is 1. The SMILES string of the molecule is COc1cccc(-c2cccc([C@@]3(c4ccc(OS(=O)(=O)C(F)(F)F)cc4)N=C(N)N(C)C3=O)c2)c1.Cl. The Labute approximate surface area is 217 Å². The average molecular weight is 556 g/mol. The third-order valence-electron chi connectivity index (χ3n) is 5.68. The number of halogens is 4. The zero-order valence-electron chi connectivity index (χ0n) is 19.4. The molecule has 0 aliphatic carbocycles. The molecular weight excluding hydrogens is 535 g/mol. The number of alkyl halides is 3. The van der Waals surface area contributed by atoms with E-state index in [1.807, 2.05) is 24.3 Å². The second kappa shape index (κ2) is 9.94. The van der Waals surface area contributed by atoms with Gasteiger partial charge in [-0.1, -0.05) is 42.5 Å². The van der Waals surface area contributed by atoms with E-state index in [1.54, 1.807) is 31.4 Å². The number of aliphatic imine (C=N–C) groups is 1. The van der Waals surface area contributed by atoms with Crippen LogP contribution in [-0.2, 0) is 20.5 Å². The summed E-state index contributed by atoms with van der Waals surface area (Å²) in [5, 5.41) is 0. The number of nitrogens with two attached hydrogens (primary N) is 1. The molecule has 0 fully saturated rings. The van der Waals surface area contributed by atoms with Gasteiger partial charge >= 0.3 is 15.6 Å². The molecule has 2 N–H and O–H groups in total. The molecule has 1 aliphatic rings. The maximum Gasteiger partial charge on any atom is 0.534 e. The fraction of sp³-hybridized carbons (Fsp3) is 0.167. The lowest BCUT2D eigenvalue weighted by Gasteiger charge is -2.26. The number of likely N-dealkylation sites (N-methyl/N-ethyl adjacent to an activating group) is 1. The molecular formula is C24H21ClF3N3O5S. The number of hydrogen-bond acceptors (Lipinski definition) is 7. The Morgan fingerprint density at radius 2 is 1.51 bits per heavy atom. The van der Waals surface area contributed by atoms with Gasteiger partial charge in [0.05, 0.1) is 7.11 Å². The number of rotatable bonds is 6. The van der Waals surface area contributed by atoms with Crippen LogP contribution in [0, 0.1) is 0 Å². The smallest absolute Gasteiger partial charge is 0.497 e. The average Bonchev–Trinajstić information content (AvgIpc) is 3.08. The van der Waals surface area contributed by atoms with Crippen LogP contribution in [0.4, 0.5) is 13.2 Å². The highest BCUT2D eigenvalue weighted by Gasteiger charge is 2.50. The fourth-order valence-electron chi connectivity index (χ4n) is 3.84. The van der Waals surface area contributed by atoms with Crippen molar-refractivity contribution in [1.29, 1.82) is 0 Å². The molecule has 4 rings (SSSR count). The number of ether oxygens (including phenoxy) is 1. The fourth-order valence-corrected chi connectivity index (χ4v) is 4.30. The van der Waals surface area contributed by atoms with Gasteiger partial charge in [0, 0.05) is 7.05 Å². The third-order valence-corrected chi connectivity index (χ3v) is 6.66. The van der Waals surface area contributed by atoms with Crippen molar-refractivity contribution in [1.82, 2.24) is 4.90 Å². The summed E-state index contributed by atoms with van der Waals surface area (Å²) in [4.78, 5) is 19.1. The molecule has 1 heterocycles. The standard InChI is InChI=1S/C24H20F3N3O5S.ClH/c1-30-21(31)23(29-22(30)28,17-9-11-19(12-10-17)35-36(32,33)24(25,26)27)18-7-3-5-15(13-18)16-6-4-8-20(14-16)34-2;/h3-14H,1-2H3,(H2,28,29);1H/t23-;/m1./s1. The monoisotopic (exact) mass is 555 g/mol. The zero-order valence-corrected chi connectivity index (χ0v) is 21.0. The van der Waals surface area contributed by atoms with E-state index in [4.69, 9.17) is 10.5 Å².